The second-order valence-corrected chi connectivity index (χ2v) is 5.60. The summed E-state index contributed by atoms with van der Waals surface area (Å²) in [5, 5.41) is 0. The van der Waals surface area contributed by atoms with Crippen molar-refractivity contribution in [3.63, 3.8) is 0 Å². The van der Waals surface area contributed by atoms with Gasteiger partial charge < -0.3 is 10.6 Å². The maximum absolute atomic E-state index is 12.1. The Bertz CT molecular complexity index is 247. The molecular weight excluding hydrogens is 214 g/mol. The fourth-order valence-corrected chi connectivity index (χ4v) is 2.09. The minimum absolute atomic E-state index is 0.224. The molecule has 0 radical (unpaired) electrons. The predicted octanol–water partition coefficient (Wildman–Crippen LogP) is 0.912. The number of amides is 1. The average molecular weight is 241 g/mol. The van der Waals surface area contributed by atoms with Crippen molar-refractivity contribution in [2.75, 3.05) is 26.7 Å². The molecule has 1 fully saturated rings. The van der Waals surface area contributed by atoms with Crippen LogP contribution in [0.1, 0.15) is 33.6 Å². The van der Waals surface area contributed by atoms with Gasteiger partial charge in [0.2, 0.25) is 5.91 Å². The van der Waals surface area contributed by atoms with Crippen LogP contribution in [0, 0.1) is 5.92 Å². The van der Waals surface area contributed by atoms with Gasteiger partial charge in [-0.25, -0.2) is 0 Å². The van der Waals surface area contributed by atoms with Crippen molar-refractivity contribution >= 4 is 5.91 Å². The van der Waals surface area contributed by atoms with Gasteiger partial charge in [-0.1, -0.05) is 13.8 Å². The average Bonchev–Trinajstić information content (AvgIpc) is 2.30. The van der Waals surface area contributed by atoms with Gasteiger partial charge in [-0.15, -0.1) is 0 Å². The van der Waals surface area contributed by atoms with Crippen LogP contribution >= 0.6 is 0 Å². The van der Waals surface area contributed by atoms with E-state index in [1.165, 1.54) is 0 Å². The maximum atomic E-state index is 12.1. The lowest BCUT2D eigenvalue weighted by molar-refractivity contribution is -0.133. The van der Waals surface area contributed by atoms with E-state index in [1.807, 2.05) is 11.9 Å². The van der Waals surface area contributed by atoms with Crippen molar-refractivity contribution in [2.24, 2.45) is 11.7 Å². The Balaban J connectivity index is 2.38. The number of likely N-dealkylation sites (tertiary alicyclic amines) is 1. The quantitative estimate of drug-likeness (QED) is 0.796. The van der Waals surface area contributed by atoms with E-state index < -0.39 is 0 Å². The number of nitrogens with zero attached hydrogens (tertiary/aromatic N) is 2. The molecule has 4 heteroatoms. The zero-order chi connectivity index (χ0) is 13.0. The SMILES string of the molecule is CC(C)C(C)N(C)C(=O)CN1CCC(N)CC1. The first kappa shape index (κ1) is 14.5. The molecule has 1 aliphatic rings. The molecule has 2 N–H and O–H groups in total. The van der Waals surface area contributed by atoms with Crippen LogP contribution < -0.4 is 5.73 Å². The monoisotopic (exact) mass is 241 g/mol. The van der Waals surface area contributed by atoms with Gasteiger partial charge in [0.05, 0.1) is 6.54 Å². The van der Waals surface area contributed by atoms with Gasteiger partial charge in [0.15, 0.2) is 0 Å². The molecule has 100 valence electrons. The van der Waals surface area contributed by atoms with E-state index in [0.717, 1.165) is 25.9 Å². The third kappa shape index (κ3) is 4.28. The number of nitrogens with two attached hydrogens (primary N) is 1. The first-order valence-electron chi connectivity index (χ1n) is 6.65. The molecule has 1 amide bonds. The van der Waals surface area contributed by atoms with Crippen molar-refractivity contribution in [1.82, 2.24) is 9.80 Å². The van der Waals surface area contributed by atoms with E-state index in [2.05, 4.69) is 25.7 Å². The summed E-state index contributed by atoms with van der Waals surface area (Å²) in [5.74, 6) is 0.723. The highest BCUT2D eigenvalue weighted by molar-refractivity contribution is 5.78. The number of carbonyl (C=O) groups is 1. The highest BCUT2D eigenvalue weighted by Gasteiger charge is 2.23. The Labute approximate surface area is 105 Å². The molecule has 4 nitrogen and oxygen atoms in total. The van der Waals surface area contributed by atoms with Gasteiger partial charge >= 0.3 is 0 Å². The van der Waals surface area contributed by atoms with E-state index in [1.54, 1.807) is 0 Å². The molecule has 1 heterocycles. The zero-order valence-electron chi connectivity index (χ0n) is 11.6. The second kappa shape index (κ2) is 6.36. The second-order valence-electron chi connectivity index (χ2n) is 5.60. The summed E-state index contributed by atoms with van der Waals surface area (Å²) in [6.07, 6.45) is 2.02. The molecule has 1 unspecified atom stereocenters. The summed E-state index contributed by atoms with van der Waals surface area (Å²) in [7, 11) is 1.91. The molecule has 17 heavy (non-hydrogen) atoms. The number of likely N-dealkylation sites (N-methyl/N-ethyl adjacent to an activating group) is 1. The summed E-state index contributed by atoms with van der Waals surface area (Å²) in [6, 6.07) is 0.628. The molecule has 0 aromatic rings. The Kier molecular flexibility index (Phi) is 5.40. The highest BCUT2D eigenvalue weighted by atomic mass is 16.2. The lowest BCUT2D eigenvalue weighted by Crippen LogP contribution is -2.47. The number of hydrogen-bond acceptors (Lipinski definition) is 3. The maximum Gasteiger partial charge on any atom is 0.236 e. The highest BCUT2D eigenvalue weighted by Crippen LogP contribution is 2.11. The minimum atomic E-state index is 0.224. The molecular formula is C13H27N3O. The minimum Gasteiger partial charge on any atom is -0.342 e. The molecule has 0 spiro atoms. The summed E-state index contributed by atoms with van der Waals surface area (Å²) >= 11 is 0. The number of hydrogen-bond donors (Lipinski definition) is 1. The molecule has 1 saturated heterocycles. The van der Waals surface area contributed by atoms with Gasteiger partial charge in [-0.3, -0.25) is 9.69 Å². The summed E-state index contributed by atoms with van der Waals surface area (Å²) in [5.41, 5.74) is 5.85. The van der Waals surface area contributed by atoms with Crippen molar-refractivity contribution in [3.8, 4) is 0 Å². The summed E-state index contributed by atoms with van der Waals surface area (Å²) < 4.78 is 0. The zero-order valence-corrected chi connectivity index (χ0v) is 11.6. The lowest BCUT2D eigenvalue weighted by Gasteiger charge is -2.33. The van der Waals surface area contributed by atoms with Crippen molar-refractivity contribution in [2.45, 2.75) is 45.7 Å². The summed E-state index contributed by atoms with van der Waals surface area (Å²) in [4.78, 5) is 16.2. The van der Waals surface area contributed by atoms with Crippen LogP contribution in [0.15, 0.2) is 0 Å². The third-order valence-corrected chi connectivity index (χ3v) is 3.96. The van der Waals surface area contributed by atoms with Gasteiger partial charge in [0.25, 0.3) is 0 Å². The Morgan fingerprint density at radius 2 is 1.88 bits per heavy atom. The van der Waals surface area contributed by atoms with Gasteiger partial charge in [0.1, 0.15) is 0 Å². The first-order chi connectivity index (χ1) is 7.91. The predicted molar refractivity (Wildman–Crippen MR) is 70.7 cm³/mol. The van der Waals surface area contributed by atoms with E-state index >= 15 is 0 Å². The lowest BCUT2D eigenvalue weighted by atomic mass is 10.0. The number of piperidine rings is 1. The van der Waals surface area contributed by atoms with E-state index in [-0.39, 0.29) is 5.91 Å². The van der Waals surface area contributed by atoms with Crippen LogP contribution in [0.25, 0.3) is 0 Å². The van der Waals surface area contributed by atoms with Crippen LogP contribution in [-0.2, 0) is 4.79 Å². The molecule has 1 rings (SSSR count). The molecule has 1 atom stereocenters. The molecule has 0 bridgehead atoms. The van der Waals surface area contributed by atoms with Crippen LogP contribution in [-0.4, -0.2) is 54.5 Å². The number of carbonyl (C=O) groups excluding carboxylic acids is 1. The summed E-state index contributed by atoms with van der Waals surface area (Å²) in [6.45, 7) is 8.85. The largest absolute Gasteiger partial charge is 0.342 e. The standard InChI is InChI=1S/C13H27N3O/c1-10(2)11(3)15(4)13(17)9-16-7-5-12(14)6-8-16/h10-12H,5-9,14H2,1-4H3. The smallest absolute Gasteiger partial charge is 0.236 e. The fourth-order valence-electron chi connectivity index (χ4n) is 2.09. The van der Waals surface area contributed by atoms with E-state index in [9.17, 15) is 4.79 Å². The van der Waals surface area contributed by atoms with Gasteiger partial charge in [-0.05, 0) is 25.7 Å². The topological polar surface area (TPSA) is 49.6 Å². The fraction of sp³-hybridized carbons (Fsp3) is 0.923. The third-order valence-electron chi connectivity index (χ3n) is 3.96. The Morgan fingerprint density at radius 3 is 2.35 bits per heavy atom. The van der Waals surface area contributed by atoms with Crippen LogP contribution in [0.4, 0.5) is 0 Å². The molecule has 0 aliphatic carbocycles. The normalized spacial score (nSPS) is 20.6. The number of rotatable bonds is 4. The van der Waals surface area contributed by atoms with E-state index in [4.69, 9.17) is 5.73 Å². The van der Waals surface area contributed by atoms with E-state index in [0.29, 0.717) is 24.5 Å². The van der Waals surface area contributed by atoms with Gasteiger partial charge in [0, 0.05) is 32.2 Å². The Hall–Kier alpha value is -0.610. The van der Waals surface area contributed by atoms with Crippen LogP contribution in [0.2, 0.25) is 0 Å². The van der Waals surface area contributed by atoms with Gasteiger partial charge in [-0.2, -0.15) is 0 Å². The van der Waals surface area contributed by atoms with Crippen LogP contribution in [0.5, 0.6) is 0 Å². The van der Waals surface area contributed by atoms with Crippen molar-refractivity contribution < 1.29 is 4.79 Å². The molecule has 0 aromatic carbocycles. The molecule has 0 saturated carbocycles. The van der Waals surface area contributed by atoms with Crippen molar-refractivity contribution in [3.05, 3.63) is 0 Å². The van der Waals surface area contributed by atoms with Crippen molar-refractivity contribution in [1.29, 1.82) is 0 Å². The van der Waals surface area contributed by atoms with Crippen LogP contribution in [0.3, 0.4) is 0 Å². The molecule has 0 aromatic heterocycles. The molecule has 1 aliphatic heterocycles. The first-order valence-corrected chi connectivity index (χ1v) is 6.65. The Morgan fingerprint density at radius 1 is 1.35 bits per heavy atom.